The van der Waals surface area contributed by atoms with E-state index in [1.54, 1.807) is 16.8 Å². The monoisotopic (exact) mass is 369 g/mol. The fourth-order valence-corrected chi connectivity index (χ4v) is 4.10. The molecule has 0 saturated carbocycles. The van der Waals surface area contributed by atoms with Crippen LogP contribution in [-0.2, 0) is 19.8 Å². The third-order valence-electron chi connectivity index (χ3n) is 5.83. The topological polar surface area (TPSA) is 69.7 Å². The van der Waals surface area contributed by atoms with Gasteiger partial charge in [-0.1, -0.05) is 36.9 Å². The van der Waals surface area contributed by atoms with Crippen LogP contribution in [0.25, 0.3) is 0 Å². The summed E-state index contributed by atoms with van der Waals surface area (Å²) in [4.78, 5) is 40.5. The Labute approximate surface area is 160 Å². The molecule has 6 heteroatoms. The molecule has 0 spiro atoms. The Morgan fingerprint density at radius 2 is 1.89 bits per heavy atom. The van der Waals surface area contributed by atoms with E-state index in [0.717, 1.165) is 5.56 Å². The van der Waals surface area contributed by atoms with E-state index in [1.807, 2.05) is 30.3 Å². The summed E-state index contributed by atoms with van der Waals surface area (Å²) < 4.78 is 0. The minimum Gasteiger partial charge on any atom is -0.351 e. The van der Waals surface area contributed by atoms with Gasteiger partial charge < -0.3 is 15.1 Å². The minimum absolute atomic E-state index is 0.00727. The SMILES string of the molecule is C=CC(=O)N1CCC(C(=O)NC2CCC(=O)N(C)C2)(c2ccccc2)CC1. The molecule has 2 aliphatic rings. The van der Waals surface area contributed by atoms with E-state index in [1.165, 1.54) is 6.08 Å². The summed E-state index contributed by atoms with van der Waals surface area (Å²) in [6.07, 6.45) is 3.60. The lowest BCUT2D eigenvalue weighted by Crippen LogP contribution is -2.57. The third-order valence-corrected chi connectivity index (χ3v) is 5.83. The molecule has 27 heavy (non-hydrogen) atoms. The molecule has 1 aromatic carbocycles. The number of likely N-dealkylation sites (N-methyl/N-ethyl adjacent to an activating group) is 1. The van der Waals surface area contributed by atoms with E-state index in [9.17, 15) is 14.4 Å². The maximum Gasteiger partial charge on any atom is 0.245 e. The number of nitrogens with zero attached hydrogens (tertiary/aromatic N) is 2. The molecule has 2 saturated heterocycles. The van der Waals surface area contributed by atoms with Crippen LogP contribution in [0.4, 0.5) is 0 Å². The highest BCUT2D eigenvalue weighted by Crippen LogP contribution is 2.36. The fraction of sp³-hybridized carbons (Fsp3) is 0.476. The highest BCUT2D eigenvalue weighted by atomic mass is 16.2. The molecular formula is C21H27N3O3. The van der Waals surface area contributed by atoms with Crippen molar-refractivity contribution >= 4 is 17.7 Å². The van der Waals surface area contributed by atoms with Gasteiger partial charge in [-0.15, -0.1) is 0 Å². The Morgan fingerprint density at radius 1 is 1.22 bits per heavy atom. The van der Waals surface area contributed by atoms with Crippen molar-refractivity contribution in [2.24, 2.45) is 0 Å². The second-order valence-electron chi connectivity index (χ2n) is 7.46. The predicted molar refractivity (Wildman–Crippen MR) is 103 cm³/mol. The van der Waals surface area contributed by atoms with Crippen molar-refractivity contribution in [2.75, 3.05) is 26.7 Å². The number of likely N-dealkylation sites (tertiary alicyclic amines) is 2. The Kier molecular flexibility index (Phi) is 5.63. The summed E-state index contributed by atoms with van der Waals surface area (Å²) in [5.74, 6) is 0.0196. The van der Waals surface area contributed by atoms with Gasteiger partial charge in [-0.25, -0.2) is 0 Å². The lowest BCUT2D eigenvalue weighted by atomic mass is 9.71. The maximum absolute atomic E-state index is 13.4. The number of carbonyl (C=O) groups excluding carboxylic acids is 3. The first-order valence-electron chi connectivity index (χ1n) is 9.48. The van der Waals surface area contributed by atoms with Gasteiger partial charge in [0.15, 0.2) is 0 Å². The van der Waals surface area contributed by atoms with Crippen molar-refractivity contribution in [1.29, 1.82) is 0 Å². The van der Waals surface area contributed by atoms with Crippen LogP contribution in [0.1, 0.15) is 31.2 Å². The molecule has 0 bridgehead atoms. The number of amides is 3. The molecule has 6 nitrogen and oxygen atoms in total. The molecule has 1 unspecified atom stereocenters. The summed E-state index contributed by atoms with van der Waals surface area (Å²) >= 11 is 0. The van der Waals surface area contributed by atoms with E-state index in [2.05, 4.69) is 11.9 Å². The fourth-order valence-electron chi connectivity index (χ4n) is 4.10. The summed E-state index contributed by atoms with van der Waals surface area (Å²) in [6.45, 7) is 5.14. The van der Waals surface area contributed by atoms with E-state index < -0.39 is 5.41 Å². The number of hydrogen-bond acceptors (Lipinski definition) is 3. The lowest BCUT2D eigenvalue weighted by Gasteiger charge is -2.42. The number of piperidine rings is 2. The van der Waals surface area contributed by atoms with Gasteiger partial charge >= 0.3 is 0 Å². The molecule has 2 fully saturated rings. The largest absolute Gasteiger partial charge is 0.351 e. The van der Waals surface area contributed by atoms with Crippen LogP contribution in [0.2, 0.25) is 0 Å². The van der Waals surface area contributed by atoms with Crippen LogP contribution in [0.15, 0.2) is 43.0 Å². The van der Waals surface area contributed by atoms with Crippen LogP contribution in [0.3, 0.4) is 0 Å². The molecule has 3 amide bonds. The third kappa shape index (κ3) is 3.89. The molecule has 1 atom stereocenters. The lowest BCUT2D eigenvalue weighted by molar-refractivity contribution is -0.136. The van der Waals surface area contributed by atoms with Crippen molar-refractivity contribution in [2.45, 2.75) is 37.1 Å². The van der Waals surface area contributed by atoms with Crippen LogP contribution in [-0.4, -0.2) is 60.2 Å². The number of rotatable bonds is 4. The molecule has 2 aliphatic heterocycles. The van der Waals surface area contributed by atoms with Crippen molar-refractivity contribution in [3.05, 3.63) is 48.6 Å². The van der Waals surface area contributed by atoms with E-state index in [-0.39, 0.29) is 23.8 Å². The Balaban J connectivity index is 1.79. The Morgan fingerprint density at radius 3 is 2.48 bits per heavy atom. The number of benzene rings is 1. The molecule has 2 heterocycles. The second kappa shape index (κ2) is 7.94. The quantitative estimate of drug-likeness (QED) is 0.817. The van der Waals surface area contributed by atoms with Crippen molar-refractivity contribution in [3.63, 3.8) is 0 Å². The first-order valence-corrected chi connectivity index (χ1v) is 9.48. The van der Waals surface area contributed by atoms with Crippen LogP contribution >= 0.6 is 0 Å². The second-order valence-corrected chi connectivity index (χ2v) is 7.46. The normalized spacial score (nSPS) is 22.3. The summed E-state index contributed by atoms with van der Waals surface area (Å²) in [7, 11) is 1.77. The van der Waals surface area contributed by atoms with Gasteiger partial charge in [0.05, 0.1) is 5.41 Å². The van der Waals surface area contributed by atoms with Gasteiger partial charge in [0.25, 0.3) is 0 Å². The highest BCUT2D eigenvalue weighted by molar-refractivity contribution is 5.90. The number of hydrogen-bond donors (Lipinski definition) is 1. The molecule has 3 rings (SSSR count). The Hall–Kier alpha value is -2.63. The minimum atomic E-state index is -0.654. The van der Waals surface area contributed by atoms with Crippen LogP contribution in [0, 0.1) is 0 Å². The smallest absolute Gasteiger partial charge is 0.245 e. The maximum atomic E-state index is 13.4. The van der Waals surface area contributed by atoms with Gasteiger partial charge in [0, 0.05) is 39.1 Å². The average molecular weight is 369 g/mol. The first kappa shape index (κ1) is 19.1. The van der Waals surface area contributed by atoms with E-state index in [4.69, 9.17) is 0 Å². The van der Waals surface area contributed by atoms with Gasteiger partial charge in [0.1, 0.15) is 0 Å². The van der Waals surface area contributed by atoms with Gasteiger partial charge in [-0.3, -0.25) is 14.4 Å². The summed E-state index contributed by atoms with van der Waals surface area (Å²) in [5.41, 5.74) is 0.327. The van der Waals surface area contributed by atoms with Crippen molar-refractivity contribution in [3.8, 4) is 0 Å². The highest BCUT2D eigenvalue weighted by Gasteiger charge is 2.44. The average Bonchev–Trinajstić information content (AvgIpc) is 2.70. The number of nitrogens with one attached hydrogen (secondary N) is 1. The van der Waals surface area contributed by atoms with Crippen molar-refractivity contribution in [1.82, 2.24) is 15.1 Å². The van der Waals surface area contributed by atoms with Gasteiger partial charge in [0.2, 0.25) is 17.7 Å². The van der Waals surface area contributed by atoms with Crippen LogP contribution in [0.5, 0.6) is 0 Å². The zero-order chi connectivity index (χ0) is 19.4. The summed E-state index contributed by atoms with van der Waals surface area (Å²) in [6, 6.07) is 9.76. The van der Waals surface area contributed by atoms with Gasteiger partial charge in [-0.05, 0) is 30.9 Å². The molecule has 0 aliphatic carbocycles. The first-order chi connectivity index (χ1) is 13.0. The van der Waals surface area contributed by atoms with Crippen LogP contribution < -0.4 is 5.32 Å². The standard InChI is InChI=1S/C21H27N3O3/c1-3-18(25)24-13-11-21(12-14-24,16-7-5-4-6-8-16)20(27)22-17-9-10-19(26)23(2)15-17/h3-8,17H,1,9-15H2,2H3,(H,22,27). The van der Waals surface area contributed by atoms with E-state index >= 15 is 0 Å². The van der Waals surface area contributed by atoms with E-state index in [0.29, 0.717) is 45.3 Å². The van der Waals surface area contributed by atoms with Gasteiger partial charge in [-0.2, -0.15) is 0 Å². The van der Waals surface area contributed by atoms with Crippen molar-refractivity contribution < 1.29 is 14.4 Å². The number of carbonyl (C=O) groups is 3. The molecule has 1 N–H and O–H groups in total. The molecule has 1 aromatic rings. The molecule has 144 valence electrons. The zero-order valence-corrected chi connectivity index (χ0v) is 15.8. The Bertz CT molecular complexity index is 723. The molecular weight excluding hydrogens is 342 g/mol. The summed E-state index contributed by atoms with van der Waals surface area (Å²) in [5, 5.41) is 3.18. The molecule has 0 radical (unpaired) electrons. The molecule has 0 aromatic heterocycles. The zero-order valence-electron chi connectivity index (χ0n) is 15.8. The predicted octanol–water partition coefficient (Wildman–Crippen LogP) is 1.47.